The van der Waals surface area contributed by atoms with Gasteiger partial charge in [0.25, 0.3) is 0 Å². The summed E-state index contributed by atoms with van der Waals surface area (Å²) in [6.45, 7) is 7.00. The van der Waals surface area contributed by atoms with E-state index >= 15 is 0 Å². The van der Waals surface area contributed by atoms with Crippen LogP contribution >= 0.6 is 0 Å². The number of nitrogens with one attached hydrogen (secondary N) is 2. The first-order valence-electron chi connectivity index (χ1n) is 6.61. The number of piperidine rings is 1. The summed E-state index contributed by atoms with van der Waals surface area (Å²) in [6.07, 6.45) is 3.64. The summed E-state index contributed by atoms with van der Waals surface area (Å²) in [7, 11) is 3.99. The average molecular weight is 241 g/mol. The number of amides is 1. The zero-order valence-electron chi connectivity index (χ0n) is 11.7. The van der Waals surface area contributed by atoms with Gasteiger partial charge in [0.05, 0.1) is 5.54 Å². The van der Waals surface area contributed by atoms with E-state index in [9.17, 15) is 4.79 Å². The van der Waals surface area contributed by atoms with Gasteiger partial charge in [-0.2, -0.15) is 0 Å². The Bertz CT molecular complexity index is 245. The molecule has 0 aromatic rings. The van der Waals surface area contributed by atoms with E-state index < -0.39 is 5.54 Å². The summed E-state index contributed by atoms with van der Waals surface area (Å²) in [5.41, 5.74) is -0.465. The zero-order valence-corrected chi connectivity index (χ0v) is 11.7. The summed E-state index contributed by atoms with van der Waals surface area (Å²) < 4.78 is 0. The van der Waals surface area contributed by atoms with Crippen molar-refractivity contribution < 1.29 is 4.79 Å². The maximum absolute atomic E-state index is 11.8. The van der Waals surface area contributed by atoms with Crippen molar-refractivity contribution in [2.75, 3.05) is 33.7 Å². The second-order valence-electron chi connectivity index (χ2n) is 5.67. The van der Waals surface area contributed by atoms with Crippen LogP contribution in [0.25, 0.3) is 0 Å². The van der Waals surface area contributed by atoms with Crippen LogP contribution in [-0.4, -0.2) is 50.1 Å². The number of hydrogen-bond donors (Lipinski definition) is 2. The van der Waals surface area contributed by atoms with Gasteiger partial charge in [-0.25, -0.2) is 0 Å². The highest BCUT2D eigenvalue weighted by molar-refractivity contribution is 5.85. The Morgan fingerprint density at radius 1 is 1.35 bits per heavy atom. The van der Waals surface area contributed by atoms with Crippen molar-refractivity contribution in [2.24, 2.45) is 5.92 Å². The lowest BCUT2D eigenvalue weighted by atomic mass is 9.93. The molecule has 100 valence electrons. The fourth-order valence-corrected chi connectivity index (χ4v) is 2.08. The van der Waals surface area contributed by atoms with Gasteiger partial charge in [0.2, 0.25) is 5.91 Å². The fraction of sp³-hybridized carbons (Fsp3) is 0.923. The van der Waals surface area contributed by atoms with E-state index in [2.05, 4.69) is 22.6 Å². The van der Waals surface area contributed by atoms with Gasteiger partial charge >= 0.3 is 0 Å². The van der Waals surface area contributed by atoms with E-state index in [0.717, 1.165) is 18.9 Å². The van der Waals surface area contributed by atoms with Gasteiger partial charge < -0.3 is 15.5 Å². The van der Waals surface area contributed by atoms with Gasteiger partial charge in [0.15, 0.2) is 0 Å². The molecule has 4 heteroatoms. The van der Waals surface area contributed by atoms with Crippen LogP contribution in [0.4, 0.5) is 0 Å². The summed E-state index contributed by atoms with van der Waals surface area (Å²) >= 11 is 0. The van der Waals surface area contributed by atoms with Gasteiger partial charge in [-0.1, -0.05) is 0 Å². The van der Waals surface area contributed by atoms with Gasteiger partial charge in [0, 0.05) is 6.54 Å². The van der Waals surface area contributed by atoms with Crippen LogP contribution in [0.2, 0.25) is 0 Å². The fourth-order valence-electron chi connectivity index (χ4n) is 2.08. The largest absolute Gasteiger partial charge is 0.355 e. The summed E-state index contributed by atoms with van der Waals surface area (Å²) in [5, 5.41) is 6.03. The molecule has 1 fully saturated rings. The molecule has 0 atom stereocenters. The lowest BCUT2D eigenvalue weighted by Gasteiger charge is -2.29. The lowest BCUT2D eigenvalue weighted by Crippen LogP contribution is -2.51. The first-order chi connectivity index (χ1) is 7.95. The Labute approximate surface area is 105 Å². The van der Waals surface area contributed by atoms with Gasteiger partial charge in [-0.15, -0.1) is 0 Å². The van der Waals surface area contributed by atoms with Crippen molar-refractivity contribution >= 4 is 5.91 Å². The molecule has 0 unspecified atom stereocenters. The van der Waals surface area contributed by atoms with E-state index in [-0.39, 0.29) is 5.91 Å². The third kappa shape index (κ3) is 4.64. The van der Waals surface area contributed by atoms with Crippen LogP contribution < -0.4 is 10.6 Å². The molecule has 1 saturated heterocycles. The van der Waals surface area contributed by atoms with Crippen molar-refractivity contribution in [2.45, 2.75) is 38.6 Å². The molecular formula is C13H27N3O. The standard InChI is InChI=1S/C13H27N3O/c1-13(2,14-3)12(17)15-8-5-11-6-9-16(4)10-7-11/h11,14H,5-10H2,1-4H3,(H,15,17). The Morgan fingerprint density at radius 2 is 1.94 bits per heavy atom. The molecule has 1 rings (SSSR count). The molecule has 0 bridgehead atoms. The Morgan fingerprint density at radius 3 is 2.47 bits per heavy atom. The zero-order chi connectivity index (χ0) is 12.9. The van der Waals surface area contributed by atoms with Crippen molar-refractivity contribution in [3.05, 3.63) is 0 Å². The summed E-state index contributed by atoms with van der Waals surface area (Å²) in [5.74, 6) is 0.872. The molecule has 0 aliphatic carbocycles. The molecule has 4 nitrogen and oxygen atoms in total. The van der Waals surface area contributed by atoms with Crippen LogP contribution in [0.15, 0.2) is 0 Å². The predicted molar refractivity (Wildman–Crippen MR) is 71.0 cm³/mol. The molecule has 0 aromatic carbocycles. The average Bonchev–Trinajstić information content (AvgIpc) is 2.31. The van der Waals surface area contributed by atoms with Crippen molar-refractivity contribution in [3.8, 4) is 0 Å². The number of likely N-dealkylation sites (N-methyl/N-ethyl adjacent to an activating group) is 1. The molecule has 1 aliphatic heterocycles. The molecule has 1 amide bonds. The third-order valence-corrected chi connectivity index (χ3v) is 3.87. The number of carbonyl (C=O) groups is 1. The molecule has 17 heavy (non-hydrogen) atoms. The van der Waals surface area contributed by atoms with Crippen molar-refractivity contribution in [3.63, 3.8) is 0 Å². The maximum atomic E-state index is 11.8. The topological polar surface area (TPSA) is 44.4 Å². The van der Waals surface area contributed by atoms with E-state index in [1.165, 1.54) is 25.9 Å². The molecule has 0 aromatic heterocycles. The van der Waals surface area contributed by atoms with Crippen LogP contribution in [0.5, 0.6) is 0 Å². The molecule has 1 aliphatic rings. The monoisotopic (exact) mass is 241 g/mol. The number of carbonyl (C=O) groups excluding carboxylic acids is 1. The minimum Gasteiger partial charge on any atom is -0.355 e. The van der Waals surface area contributed by atoms with E-state index in [1.807, 2.05) is 20.9 Å². The van der Waals surface area contributed by atoms with Crippen molar-refractivity contribution in [1.82, 2.24) is 15.5 Å². The first-order valence-corrected chi connectivity index (χ1v) is 6.61. The van der Waals surface area contributed by atoms with Crippen molar-refractivity contribution in [1.29, 1.82) is 0 Å². The quantitative estimate of drug-likeness (QED) is 0.749. The first kappa shape index (κ1) is 14.5. The van der Waals surface area contributed by atoms with E-state index in [1.54, 1.807) is 0 Å². The normalized spacial score (nSPS) is 19.3. The van der Waals surface area contributed by atoms with Gasteiger partial charge in [-0.3, -0.25) is 4.79 Å². The summed E-state index contributed by atoms with van der Waals surface area (Å²) in [4.78, 5) is 14.2. The molecule has 2 N–H and O–H groups in total. The van der Waals surface area contributed by atoms with E-state index in [4.69, 9.17) is 0 Å². The second-order valence-corrected chi connectivity index (χ2v) is 5.67. The highest BCUT2D eigenvalue weighted by Crippen LogP contribution is 2.18. The number of hydrogen-bond acceptors (Lipinski definition) is 3. The van der Waals surface area contributed by atoms with E-state index in [0.29, 0.717) is 0 Å². The third-order valence-electron chi connectivity index (χ3n) is 3.87. The highest BCUT2D eigenvalue weighted by atomic mass is 16.2. The highest BCUT2D eigenvalue weighted by Gasteiger charge is 2.25. The number of nitrogens with zero attached hydrogens (tertiary/aromatic N) is 1. The molecule has 0 saturated carbocycles. The van der Waals surface area contributed by atoms with Crippen LogP contribution in [0, 0.1) is 5.92 Å². The van der Waals surface area contributed by atoms with Crippen LogP contribution in [-0.2, 0) is 4.79 Å². The maximum Gasteiger partial charge on any atom is 0.239 e. The second kappa shape index (κ2) is 6.36. The van der Waals surface area contributed by atoms with Gasteiger partial charge in [0.1, 0.15) is 0 Å². The Kier molecular flexibility index (Phi) is 5.40. The number of rotatable bonds is 5. The lowest BCUT2D eigenvalue weighted by molar-refractivity contribution is -0.126. The predicted octanol–water partition coefficient (Wildman–Crippen LogP) is 0.833. The Balaban J connectivity index is 2.18. The van der Waals surface area contributed by atoms with Crippen LogP contribution in [0.3, 0.4) is 0 Å². The minimum absolute atomic E-state index is 0.0907. The molecule has 0 radical (unpaired) electrons. The Hall–Kier alpha value is -0.610. The van der Waals surface area contributed by atoms with Crippen LogP contribution in [0.1, 0.15) is 33.1 Å². The molecular weight excluding hydrogens is 214 g/mol. The number of likely N-dealkylation sites (tertiary alicyclic amines) is 1. The summed E-state index contributed by atoms with van der Waals surface area (Å²) in [6, 6.07) is 0. The van der Waals surface area contributed by atoms with Gasteiger partial charge in [-0.05, 0) is 66.2 Å². The minimum atomic E-state index is -0.465. The molecule has 0 spiro atoms. The SMILES string of the molecule is CNC(C)(C)C(=O)NCCC1CCN(C)CC1. The molecule has 1 heterocycles. The smallest absolute Gasteiger partial charge is 0.239 e.